The van der Waals surface area contributed by atoms with E-state index in [1.165, 1.54) is 19.1 Å². The van der Waals surface area contributed by atoms with Crippen LogP contribution >= 0.6 is 35.3 Å². The van der Waals surface area contributed by atoms with Crippen molar-refractivity contribution in [1.29, 1.82) is 0 Å². The Morgan fingerprint density at radius 2 is 2.16 bits per heavy atom. The van der Waals surface area contributed by atoms with E-state index in [4.69, 9.17) is 12.2 Å². The van der Waals surface area contributed by atoms with Crippen LogP contribution in [0.15, 0.2) is 28.5 Å². The summed E-state index contributed by atoms with van der Waals surface area (Å²) in [7, 11) is 0. The minimum Gasteiger partial charge on any atom is -0.307 e. The molecule has 0 aliphatic carbocycles. The zero-order chi connectivity index (χ0) is 18.1. The fraction of sp³-hybridized carbons (Fsp3) is 0.0667. The molecule has 0 bridgehead atoms. The molecule has 3 rings (SSSR count). The van der Waals surface area contributed by atoms with Gasteiger partial charge < -0.3 is 5.32 Å². The van der Waals surface area contributed by atoms with Crippen LogP contribution < -0.4 is 10.2 Å². The number of aromatic nitrogens is 1. The van der Waals surface area contributed by atoms with Crippen molar-refractivity contribution in [2.45, 2.75) is 6.92 Å². The van der Waals surface area contributed by atoms with Crippen molar-refractivity contribution in [2.75, 3.05) is 4.90 Å². The Hall–Kier alpha value is -2.17. The van der Waals surface area contributed by atoms with E-state index in [2.05, 4.69) is 10.3 Å². The number of thiocarbonyl (C=S) groups is 1. The molecule has 0 saturated carbocycles. The van der Waals surface area contributed by atoms with Crippen molar-refractivity contribution in [3.8, 4) is 0 Å². The lowest BCUT2D eigenvalue weighted by molar-refractivity contribution is -0.116. The Bertz CT molecular complexity index is 926. The minimum atomic E-state index is -0.874. The minimum absolute atomic E-state index is 0.100. The Kier molecular flexibility index (Phi) is 4.93. The summed E-state index contributed by atoms with van der Waals surface area (Å²) in [6, 6.07) is 2.93. The van der Waals surface area contributed by atoms with E-state index in [1.807, 2.05) is 0 Å². The Morgan fingerprint density at radius 1 is 1.40 bits per heavy atom. The van der Waals surface area contributed by atoms with E-state index in [0.717, 1.165) is 34.1 Å². The number of carbonyl (C=O) groups is 2. The van der Waals surface area contributed by atoms with Crippen molar-refractivity contribution >= 4 is 68.3 Å². The van der Waals surface area contributed by atoms with E-state index in [0.29, 0.717) is 21.0 Å². The monoisotopic (exact) mass is 397 g/mol. The van der Waals surface area contributed by atoms with E-state index >= 15 is 0 Å². The fourth-order valence-corrected chi connectivity index (χ4v) is 3.94. The standard InChI is InChI=1S/C15H9F2N3O2S3/c1-7(21)20(11-3-2-8(16)4-10(11)17)14-18-9(6-24-14)5-12-13(22)19-15(23)25-12/h2-6H,1H3,(H,19,22,23)/b12-5+. The van der Waals surface area contributed by atoms with Crippen LogP contribution in [0.3, 0.4) is 0 Å². The van der Waals surface area contributed by atoms with Gasteiger partial charge in [-0.1, -0.05) is 24.0 Å². The van der Waals surface area contributed by atoms with Crippen LogP contribution in [0, 0.1) is 11.6 Å². The molecule has 128 valence electrons. The van der Waals surface area contributed by atoms with Crippen molar-refractivity contribution in [2.24, 2.45) is 0 Å². The summed E-state index contributed by atoms with van der Waals surface area (Å²) < 4.78 is 27.5. The summed E-state index contributed by atoms with van der Waals surface area (Å²) in [6.45, 7) is 1.25. The summed E-state index contributed by atoms with van der Waals surface area (Å²) in [5, 5.41) is 4.31. The molecule has 0 unspecified atom stereocenters. The number of carbonyl (C=O) groups excluding carboxylic acids is 2. The topological polar surface area (TPSA) is 62.3 Å². The second-order valence-corrected chi connectivity index (χ2v) is 7.41. The maximum atomic E-state index is 14.0. The van der Waals surface area contributed by atoms with Gasteiger partial charge in [-0.25, -0.2) is 13.8 Å². The molecule has 5 nitrogen and oxygen atoms in total. The second-order valence-electron chi connectivity index (χ2n) is 4.86. The van der Waals surface area contributed by atoms with Crippen molar-refractivity contribution in [1.82, 2.24) is 10.3 Å². The number of nitrogens with one attached hydrogen (secondary N) is 1. The average Bonchev–Trinajstić information content (AvgIpc) is 3.09. The SMILES string of the molecule is CC(=O)N(c1nc(/C=C2/SC(=S)NC2=O)cs1)c1ccc(F)cc1F. The molecule has 1 saturated heterocycles. The van der Waals surface area contributed by atoms with Gasteiger partial charge in [0.1, 0.15) is 16.0 Å². The first kappa shape index (κ1) is 17.6. The molecule has 2 aromatic rings. The number of halogens is 2. The number of hydrogen-bond donors (Lipinski definition) is 1. The third kappa shape index (κ3) is 3.75. The quantitative estimate of drug-likeness (QED) is 0.634. The number of nitrogens with zero attached hydrogens (tertiary/aromatic N) is 2. The highest BCUT2D eigenvalue weighted by molar-refractivity contribution is 8.26. The lowest BCUT2D eigenvalue weighted by atomic mass is 10.2. The normalized spacial score (nSPS) is 15.6. The predicted octanol–water partition coefficient (Wildman–Crippen LogP) is 3.59. The van der Waals surface area contributed by atoms with Gasteiger partial charge in [-0.3, -0.25) is 14.5 Å². The molecule has 25 heavy (non-hydrogen) atoms. The van der Waals surface area contributed by atoms with Gasteiger partial charge in [-0.15, -0.1) is 11.3 Å². The first-order chi connectivity index (χ1) is 11.8. The van der Waals surface area contributed by atoms with Crippen LogP contribution in [0.4, 0.5) is 19.6 Å². The molecule has 0 spiro atoms. The van der Waals surface area contributed by atoms with Gasteiger partial charge in [-0.2, -0.15) is 0 Å². The molecule has 2 amide bonds. The number of anilines is 2. The first-order valence-electron chi connectivity index (χ1n) is 6.81. The van der Waals surface area contributed by atoms with Crippen LogP contribution in [0.2, 0.25) is 0 Å². The summed E-state index contributed by atoms with van der Waals surface area (Å²) >= 11 is 7.11. The molecule has 1 aliphatic rings. The van der Waals surface area contributed by atoms with Crippen molar-refractivity contribution < 1.29 is 18.4 Å². The highest BCUT2D eigenvalue weighted by Gasteiger charge is 2.24. The highest BCUT2D eigenvalue weighted by Crippen LogP contribution is 2.33. The van der Waals surface area contributed by atoms with Gasteiger partial charge in [0.15, 0.2) is 5.13 Å². The fourth-order valence-electron chi connectivity index (χ4n) is 2.07. The summed E-state index contributed by atoms with van der Waals surface area (Å²) in [6.07, 6.45) is 1.53. The number of thioether (sulfide) groups is 1. The van der Waals surface area contributed by atoms with Gasteiger partial charge in [0.25, 0.3) is 5.91 Å². The third-order valence-corrected chi connectivity index (χ3v) is 5.09. The van der Waals surface area contributed by atoms with E-state index in [-0.39, 0.29) is 16.7 Å². The average molecular weight is 397 g/mol. The predicted molar refractivity (Wildman–Crippen MR) is 97.6 cm³/mol. The summed E-state index contributed by atoms with van der Waals surface area (Å²) in [5.74, 6) is -2.42. The lowest BCUT2D eigenvalue weighted by Crippen LogP contribution is -2.23. The summed E-state index contributed by atoms with van der Waals surface area (Å²) in [4.78, 5) is 29.3. The number of amides is 2. The number of thiazole rings is 1. The van der Waals surface area contributed by atoms with E-state index < -0.39 is 17.5 Å². The van der Waals surface area contributed by atoms with Crippen LogP contribution in [0.25, 0.3) is 6.08 Å². The van der Waals surface area contributed by atoms with Gasteiger partial charge in [0.2, 0.25) is 5.91 Å². The van der Waals surface area contributed by atoms with Crippen LogP contribution in [0.5, 0.6) is 0 Å². The maximum absolute atomic E-state index is 14.0. The highest BCUT2D eigenvalue weighted by atomic mass is 32.2. The largest absolute Gasteiger partial charge is 0.307 e. The first-order valence-corrected chi connectivity index (χ1v) is 8.91. The van der Waals surface area contributed by atoms with Crippen LogP contribution in [-0.2, 0) is 9.59 Å². The zero-order valence-corrected chi connectivity index (χ0v) is 15.0. The zero-order valence-electron chi connectivity index (χ0n) is 12.6. The molecule has 2 heterocycles. The number of hydrogen-bond acceptors (Lipinski definition) is 6. The molecule has 10 heteroatoms. The molecule has 1 aromatic heterocycles. The second kappa shape index (κ2) is 6.98. The Balaban J connectivity index is 1.96. The van der Waals surface area contributed by atoms with E-state index in [1.54, 1.807) is 5.38 Å². The van der Waals surface area contributed by atoms with Gasteiger partial charge >= 0.3 is 0 Å². The Morgan fingerprint density at radius 3 is 2.76 bits per heavy atom. The van der Waals surface area contributed by atoms with Crippen molar-refractivity contribution in [3.63, 3.8) is 0 Å². The van der Waals surface area contributed by atoms with E-state index in [9.17, 15) is 18.4 Å². The molecule has 1 aromatic carbocycles. The molecule has 1 N–H and O–H groups in total. The van der Waals surface area contributed by atoms with Gasteiger partial charge in [0, 0.05) is 18.4 Å². The summed E-state index contributed by atoms with van der Waals surface area (Å²) in [5.41, 5.74) is 0.327. The lowest BCUT2D eigenvalue weighted by Gasteiger charge is -2.18. The molecular formula is C15H9F2N3O2S3. The maximum Gasteiger partial charge on any atom is 0.263 e. The van der Waals surface area contributed by atoms with Crippen LogP contribution in [0.1, 0.15) is 12.6 Å². The molecule has 1 aliphatic heterocycles. The Labute approximate surface area is 154 Å². The molecule has 1 fully saturated rings. The molecule has 0 radical (unpaired) electrons. The van der Waals surface area contributed by atoms with Crippen LogP contribution in [-0.4, -0.2) is 21.1 Å². The van der Waals surface area contributed by atoms with Gasteiger partial charge in [-0.05, 0) is 18.2 Å². The smallest absolute Gasteiger partial charge is 0.263 e. The van der Waals surface area contributed by atoms with Crippen molar-refractivity contribution in [3.05, 3.63) is 45.8 Å². The number of rotatable bonds is 3. The third-order valence-electron chi connectivity index (χ3n) is 3.09. The number of benzene rings is 1. The molecular weight excluding hydrogens is 388 g/mol. The van der Waals surface area contributed by atoms with Gasteiger partial charge in [0.05, 0.1) is 16.3 Å². The molecule has 0 atom stereocenters.